The van der Waals surface area contributed by atoms with Crippen molar-refractivity contribution in [3.8, 4) is 0 Å². The lowest BCUT2D eigenvalue weighted by Crippen LogP contribution is -2.43. The van der Waals surface area contributed by atoms with Gasteiger partial charge in [-0.15, -0.1) is 0 Å². The van der Waals surface area contributed by atoms with E-state index in [0.29, 0.717) is 0 Å². The van der Waals surface area contributed by atoms with Gasteiger partial charge >= 0.3 is 0 Å². The Morgan fingerprint density at radius 1 is 1.19 bits per heavy atom. The lowest BCUT2D eigenvalue weighted by molar-refractivity contribution is -0.117. The second kappa shape index (κ2) is 5.75. The molecule has 1 aromatic rings. The third-order valence-corrected chi connectivity index (χ3v) is 6.77. The van der Waals surface area contributed by atoms with Crippen LogP contribution < -0.4 is 5.32 Å². The highest BCUT2D eigenvalue weighted by molar-refractivity contribution is 8.13. The molecule has 0 unspecified atom stereocenters. The number of anilines is 1. The van der Waals surface area contributed by atoms with E-state index in [-0.39, 0.29) is 15.6 Å². The Labute approximate surface area is 132 Å². The van der Waals surface area contributed by atoms with Gasteiger partial charge in [0.25, 0.3) is 9.05 Å². The van der Waals surface area contributed by atoms with Crippen molar-refractivity contribution in [2.45, 2.75) is 23.5 Å². The zero-order chi connectivity index (χ0) is 16.6. The Kier molecular flexibility index (Phi) is 4.99. The predicted octanol–water partition coefficient (Wildman–Crippen LogP) is 2.03. The first-order valence-corrected chi connectivity index (χ1v) is 10.1. The van der Waals surface area contributed by atoms with E-state index >= 15 is 0 Å². The van der Waals surface area contributed by atoms with Crippen molar-refractivity contribution >= 4 is 52.8 Å². The summed E-state index contributed by atoms with van der Waals surface area (Å²) in [6.07, 6.45) is 0.947. The number of sulfone groups is 1. The SMILES string of the molecule is CC(C)(C(=O)Nc1ccc(S(=O)(=O)Cl)c(Cl)c1)S(C)(=O)=O. The number of halogens is 2. The van der Waals surface area contributed by atoms with Crippen molar-refractivity contribution in [1.82, 2.24) is 0 Å². The Morgan fingerprint density at radius 2 is 1.71 bits per heavy atom. The molecule has 1 aromatic carbocycles. The maximum atomic E-state index is 12.0. The van der Waals surface area contributed by atoms with Gasteiger partial charge in [-0.1, -0.05) is 11.6 Å². The average Bonchev–Trinajstić information content (AvgIpc) is 2.25. The van der Waals surface area contributed by atoms with Crippen LogP contribution in [0.1, 0.15) is 13.8 Å². The second-order valence-corrected chi connectivity index (χ2v) is 10.3. The molecule has 0 radical (unpaired) electrons. The largest absolute Gasteiger partial charge is 0.325 e. The quantitative estimate of drug-likeness (QED) is 0.814. The molecule has 118 valence electrons. The van der Waals surface area contributed by atoms with Crippen LogP contribution in [0.2, 0.25) is 5.02 Å². The summed E-state index contributed by atoms with van der Waals surface area (Å²) in [5.41, 5.74) is 0.158. The van der Waals surface area contributed by atoms with Gasteiger partial charge in [0.1, 0.15) is 9.64 Å². The fourth-order valence-electron chi connectivity index (χ4n) is 1.23. The lowest BCUT2D eigenvalue weighted by Gasteiger charge is -2.21. The molecular weight excluding hydrogens is 361 g/mol. The van der Waals surface area contributed by atoms with E-state index in [0.717, 1.165) is 12.3 Å². The molecule has 1 amide bonds. The first-order chi connectivity index (χ1) is 9.26. The van der Waals surface area contributed by atoms with Crippen molar-refractivity contribution in [1.29, 1.82) is 0 Å². The molecule has 6 nitrogen and oxygen atoms in total. The molecule has 21 heavy (non-hydrogen) atoms. The molecule has 1 N–H and O–H groups in total. The number of carbonyl (C=O) groups excluding carboxylic acids is 1. The number of nitrogens with one attached hydrogen (secondary N) is 1. The first-order valence-electron chi connectivity index (χ1n) is 5.52. The summed E-state index contributed by atoms with van der Waals surface area (Å²) < 4.78 is 43.8. The van der Waals surface area contributed by atoms with Crippen LogP contribution >= 0.6 is 22.3 Å². The summed E-state index contributed by atoms with van der Waals surface area (Å²) >= 11 is 5.77. The molecule has 0 fully saturated rings. The van der Waals surface area contributed by atoms with Crippen molar-refractivity contribution in [2.75, 3.05) is 11.6 Å². The molecule has 1 rings (SSSR count). The molecule has 10 heteroatoms. The van der Waals surface area contributed by atoms with Gasteiger partial charge in [-0.25, -0.2) is 16.8 Å². The summed E-state index contributed by atoms with van der Waals surface area (Å²) in [7, 11) is -2.45. The van der Waals surface area contributed by atoms with E-state index < -0.39 is 29.5 Å². The minimum atomic E-state index is -4.00. The lowest BCUT2D eigenvalue weighted by atomic mass is 10.2. The molecule has 0 heterocycles. The molecule has 0 aliphatic carbocycles. The first kappa shape index (κ1) is 18.2. The minimum Gasteiger partial charge on any atom is -0.325 e. The summed E-state index contributed by atoms with van der Waals surface area (Å²) in [5.74, 6) is -0.762. The number of benzene rings is 1. The molecule has 0 spiro atoms. The van der Waals surface area contributed by atoms with E-state index in [1.54, 1.807) is 0 Å². The molecule has 0 atom stereocenters. The van der Waals surface area contributed by atoms with Crippen molar-refractivity contribution in [3.63, 3.8) is 0 Å². The van der Waals surface area contributed by atoms with Gasteiger partial charge in [0.15, 0.2) is 9.84 Å². The topological polar surface area (TPSA) is 97.4 Å². The number of hydrogen-bond acceptors (Lipinski definition) is 5. The normalized spacial score (nSPS) is 13.0. The summed E-state index contributed by atoms with van der Waals surface area (Å²) in [4.78, 5) is 11.7. The van der Waals surface area contributed by atoms with E-state index in [1.807, 2.05) is 0 Å². The van der Waals surface area contributed by atoms with Crippen LogP contribution in [-0.4, -0.2) is 33.7 Å². The Balaban J connectivity index is 3.12. The number of carbonyl (C=O) groups is 1. The number of hydrogen-bond donors (Lipinski definition) is 1. The van der Waals surface area contributed by atoms with Crippen LogP contribution in [0, 0.1) is 0 Å². The zero-order valence-electron chi connectivity index (χ0n) is 11.3. The fourth-order valence-corrected chi connectivity index (χ4v) is 3.14. The van der Waals surface area contributed by atoms with Gasteiger partial charge in [0, 0.05) is 22.6 Å². The van der Waals surface area contributed by atoms with Gasteiger partial charge in [-0.2, -0.15) is 0 Å². The monoisotopic (exact) mass is 373 g/mol. The Morgan fingerprint density at radius 3 is 2.10 bits per heavy atom. The fraction of sp³-hybridized carbons (Fsp3) is 0.364. The Bertz CT molecular complexity index is 785. The maximum Gasteiger partial charge on any atom is 0.262 e. The van der Waals surface area contributed by atoms with Crippen LogP contribution in [-0.2, 0) is 23.7 Å². The minimum absolute atomic E-state index is 0.158. The molecule has 0 aliphatic heterocycles. The zero-order valence-corrected chi connectivity index (χ0v) is 14.5. The van der Waals surface area contributed by atoms with Gasteiger partial charge in [0.2, 0.25) is 5.91 Å². The van der Waals surface area contributed by atoms with E-state index in [4.69, 9.17) is 22.3 Å². The van der Waals surface area contributed by atoms with E-state index in [1.165, 1.54) is 26.0 Å². The summed E-state index contributed by atoms with van der Waals surface area (Å²) in [5, 5.41) is 2.19. The second-order valence-electron chi connectivity index (χ2n) is 4.82. The van der Waals surface area contributed by atoms with Gasteiger partial charge < -0.3 is 5.32 Å². The maximum absolute atomic E-state index is 12.0. The molecule has 0 aromatic heterocycles. The average molecular weight is 374 g/mol. The molecule has 0 saturated carbocycles. The predicted molar refractivity (Wildman–Crippen MR) is 82.0 cm³/mol. The van der Waals surface area contributed by atoms with Crippen molar-refractivity contribution in [2.24, 2.45) is 0 Å². The third-order valence-electron chi connectivity index (χ3n) is 2.93. The van der Waals surface area contributed by atoms with Crippen LogP contribution in [0.4, 0.5) is 5.69 Å². The Hall–Kier alpha value is -0.830. The molecule has 0 bridgehead atoms. The highest BCUT2D eigenvalue weighted by Gasteiger charge is 2.38. The standard InChI is InChI=1S/C11H13Cl2NO5S2/c1-11(2,20(3,16)17)10(15)14-7-4-5-9(8(12)6-7)21(13,18)19/h4-6H,1-3H3,(H,14,15). The van der Waals surface area contributed by atoms with Gasteiger partial charge in [0.05, 0.1) is 5.02 Å². The third kappa shape index (κ3) is 4.09. The van der Waals surface area contributed by atoms with E-state index in [9.17, 15) is 21.6 Å². The molecular formula is C11H13Cl2NO5S2. The van der Waals surface area contributed by atoms with E-state index in [2.05, 4.69) is 5.32 Å². The van der Waals surface area contributed by atoms with Crippen LogP contribution in [0.25, 0.3) is 0 Å². The summed E-state index contributed by atoms with van der Waals surface area (Å²) in [6.45, 7) is 2.52. The van der Waals surface area contributed by atoms with Gasteiger partial charge in [-0.3, -0.25) is 4.79 Å². The van der Waals surface area contributed by atoms with Crippen LogP contribution in [0.3, 0.4) is 0 Å². The number of amides is 1. The summed E-state index contributed by atoms with van der Waals surface area (Å²) in [6, 6.07) is 3.55. The molecule has 0 aliphatic rings. The highest BCUT2D eigenvalue weighted by atomic mass is 35.7. The van der Waals surface area contributed by atoms with Crippen molar-refractivity contribution in [3.05, 3.63) is 23.2 Å². The van der Waals surface area contributed by atoms with Crippen LogP contribution in [0.5, 0.6) is 0 Å². The van der Waals surface area contributed by atoms with Gasteiger partial charge in [-0.05, 0) is 32.0 Å². The molecule has 0 saturated heterocycles. The van der Waals surface area contributed by atoms with Crippen molar-refractivity contribution < 1.29 is 21.6 Å². The van der Waals surface area contributed by atoms with Crippen LogP contribution in [0.15, 0.2) is 23.1 Å². The highest BCUT2D eigenvalue weighted by Crippen LogP contribution is 2.28. The number of rotatable bonds is 4. The smallest absolute Gasteiger partial charge is 0.262 e.